The molecule has 4 rings (SSSR count). The van der Waals surface area contributed by atoms with E-state index in [1.165, 1.54) is 0 Å². The van der Waals surface area contributed by atoms with E-state index in [0.717, 1.165) is 28.8 Å². The fourth-order valence-corrected chi connectivity index (χ4v) is 4.34. The van der Waals surface area contributed by atoms with Gasteiger partial charge in [0, 0.05) is 31.1 Å². The van der Waals surface area contributed by atoms with Gasteiger partial charge in [-0.25, -0.2) is 0 Å². The topological polar surface area (TPSA) is 90.6 Å². The predicted octanol–water partition coefficient (Wildman–Crippen LogP) is 1.90. The Balaban J connectivity index is 1.67. The summed E-state index contributed by atoms with van der Waals surface area (Å²) in [5.41, 5.74) is 3.45. The highest BCUT2D eigenvalue weighted by Gasteiger charge is 2.39. The van der Waals surface area contributed by atoms with Gasteiger partial charge in [-0.3, -0.25) is 9.48 Å². The quantitative estimate of drug-likeness (QED) is 0.732. The maximum absolute atomic E-state index is 13.4. The summed E-state index contributed by atoms with van der Waals surface area (Å²) in [6, 6.07) is 7.66. The van der Waals surface area contributed by atoms with Crippen LogP contribution in [0, 0.1) is 0 Å². The van der Waals surface area contributed by atoms with Crippen LogP contribution in [0.1, 0.15) is 72.7 Å². The molecule has 1 amide bonds. The Kier molecular flexibility index (Phi) is 5.01. The predicted molar refractivity (Wildman–Crippen MR) is 109 cm³/mol. The van der Waals surface area contributed by atoms with Crippen LogP contribution >= 0.6 is 0 Å². The van der Waals surface area contributed by atoms with Crippen molar-refractivity contribution in [2.45, 2.75) is 64.4 Å². The van der Waals surface area contributed by atoms with Crippen LogP contribution in [0.25, 0.3) is 0 Å². The van der Waals surface area contributed by atoms with Crippen molar-refractivity contribution in [3.8, 4) is 0 Å². The molecule has 3 N–H and O–H groups in total. The van der Waals surface area contributed by atoms with Crippen LogP contribution in [0.4, 0.5) is 0 Å². The summed E-state index contributed by atoms with van der Waals surface area (Å²) in [7, 11) is 0. The number of hydrogen-bond acceptors (Lipinski definition) is 5. The van der Waals surface area contributed by atoms with Gasteiger partial charge in [-0.1, -0.05) is 24.3 Å². The minimum Gasteiger partial charge on any atom is -0.394 e. The average molecular weight is 399 g/mol. The molecule has 2 aromatic rings. The van der Waals surface area contributed by atoms with E-state index in [9.17, 15) is 15.0 Å². The Morgan fingerprint density at radius 1 is 1.31 bits per heavy atom. The molecular formula is C22H30N4O3. The molecule has 1 unspecified atom stereocenters. The minimum absolute atomic E-state index is 0.0427. The van der Waals surface area contributed by atoms with Crippen LogP contribution in [0.15, 0.2) is 24.3 Å². The van der Waals surface area contributed by atoms with Gasteiger partial charge < -0.3 is 20.4 Å². The van der Waals surface area contributed by atoms with Gasteiger partial charge in [-0.05, 0) is 38.8 Å². The molecule has 7 nitrogen and oxygen atoms in total. The molecule has 29 heavy (non-hydrogen) atoms. The first-order chi connectivity index (χ1) is 13.7. The molecule has 3 atom stereocenters. The van der Waals surface area contributed by atoms with Crippen molar-refractivity contribution in [1.29, 1.82) is 0 Å². The van der Waals surface area contributed by atoms with Gasteiger partial charge in [0.1, 0.15) is 5.69 Å². The molecule has 0 spiro atoms. The number of hydrogen-bond donors (Lipinski definition) is 3. The number of nitrogens with zero attached hydrogens (tertiary/aromatic N) is 3. The number of aromatic nitrogens is 2. The molecule has 0 saturated carbocycles. The Labute approximate surface area is 171 Å². The van der Waals surface area contributed by atoms with Crippen LogP contribution in [0.3, 0.4) is 0 Å². The van der Waals surface area contributed by atoms with Crippen molar-refractivity contribution >= 4 is 5.91 Å². The van der Waals surface area contributed by atoms with Crippen LogP contribution in [0.2, 0.25) is 0 Å². The zero-order chi connectivity index (χ0) is 20.9. The van der Waals surface area contributed by atoms with E-state index in [1.54, 1.807) is 18.5 Å². The van der Waals surface area contributed by atoms with Gasteiger partial charge in [0.15, 0.2) is 0 Å². The smallest absolute Gasteiger partial charge is 0.273 e. The van der Waals surface area contributed by atoms with Crippen molar-refractivity contribution in [2.24, 2.45) is 0 Å². The van der Waals surface area contributed by atoms with E-state index in [1.807, 2.05) is 36.1 Å². The van der Waals surface area contributed by atoms with Crippen LogP contribution in [0.5, 0.6) is 0 Å². The van der Waals surface area contributed by atoms with Crippen LogP contribution < -0.4 is 5.32 Å². The number of fused-ring (bicyclic) bond motifs is 3. The molecule has 3 heterocycles. The number of rotatable bonds is 4. The van der Waals surface area contributed by atoms with Crippen molar-refractivity contribution in [3.63, 3.8) is 0 Å². The summed E-state index contributed by atoms with van der Waals surface area (Å²) in [6.45, 7) is 8.60. The van der Waals surface area contributed by atoms with Crippen LogP contribution in [-0.2, 0) is 18.6 Å². The molecular weight excluding hydrogens is 368 g/mol. The van der Waals surface area contributed by atoms with E-state index in [-0.39, 0.29) is 24.6 Å². The molecule has 2 aliphatic heterocycles. The summed E-state index contributed by atoms with van der Waals surface area (Å²) < 4.78 is 1.74. The number of carbonyl (C=O) groups is 1. The third-order valence-corrected chi connectivity index (χ3v) is 6.21. The molecule has 2 aliphatic rings. The fraction of sp³-hybridized carbons (Fsp3) is 0.545. The number of nitrogens with one attached hydrogen (secondary N) is 1. The van der Waals surface area contributed by atoms with Crippen molar-refractivity contribution in [3.05, 3.63) is 52.3 Å². The Bertz CT molecular complexity index is 913. The highest BCUT2D eigenvalue weighted by atomic mass is 16.3. The lowest BCUT2D eigenvalue weighted by atomic mass is 9.95. The zero-order valence-electron chi connectivity index (χ0n) is 17.5. The largest absolute Gasteiger partial charge is 0.394 e. The van der Waals surface area contributed by atoms with E-state index >= 15 is 0 Å². The van der Waals surface area contributed by atoms with Gasteiger partial charge >= 0.3 is 0 Å². The van der Waals surface area contributed by atoms with Gasteiger partial charge in [-0.2, -0.15) is 5.10 Å². The number of amides is 1. The second-order valence-electron chi connectivity index (χ2n) is 8.86. The molecule has 1 aromatic heterocycles. The third-order valence-electron chi connectivity index (χ3n) is 6.21. The first kappa shape index (κ1) is 20.1. The summed E-state index contributed by atoms with van der Waals surface area (Å²) in [4.78, 5) is 15.3. The molecule has 7 heteroatoms. The lowest BCUT2D eigenvalue weighted by molar-refractivity contribution is 0.0519. The number of aliphatic hydroxyl groups excluding tert-OH is 1. The average Bonchev–Trinajstić information content (AvgIpc) is 3.06. The summed E-state index contributed by atoms with van der Waals surface area (Å²) in [5, 5.41) is 28.3. The third kappa shape index (κ3) is 3.47. The molecule has 0 bridgehead atoms. The standard InChI is InChI=1S/C22H30N4O3/c1-13-9-19-18(10-23-13)20-21(28)25(11-17(12-27)26(20)24-19)14(2)15-5-7-16(8-6-15)22(3,4)29/h5-8,13-14,17,23,27,29H,9-12H2,1-4H3/t13-,14?,17+/m1/s1. The Hall–Kier alpha value is -2.22. The zero-order valence-corrected chi connectivity index (χ0v) is 17.5. The molecule has 0 saturated heterocycles. The lowest BCUT2D eigenvalue weighted by Crippen LogP contribution is -2.46. The van der Waals surface area contributed by atoms with Crippen molar-refractivity contribution < 1.29 is 15.0 Å². The highest BCUT2D eigenvalue weighted by Crippen LogP contribution is 2.33. The van der Waals surface area contributed by atoms with Gasteiger partial charge in [0.2, 0.25) is 0 Å². The molecule has 0 fully saturated rings. The summed E-state index contributed by atoms with van der Waals surface area (Å²) in [5.74, 6) is -0.0427. The number of aliphatic hydroxyl groups is 2. The first-order valence-corrected chi connectivity index (χ1v) is 10.3. The Morgan fingerprint density at radius 2 is 2.00 bits per heavy atom. The minimum atomic E-state index is -0.902. The number of benzene rings is 1. The highest BCUT2D eigenvalue weighted by molar-refractivity contribution is 5.95. The van der Waals surface area contributed by atoms with E-state index in [0.29, 0.717) is 24.8 Å². The second-order valence-corrected chi connectivity index (χ2v) is 8.86. The maximum atomic E-state index is 13.4. The number of carbonyl (C=O) groups excluding carboxylic acids is 1. The normalized spacial score (nSPS) is 23.0. The molecule has 1 aromatic carbocycles. The van der Waals surface area contributed by atoms with E-state index in [4.69, 9.17) is 5.10 Å². The molecule has 156 valence electrons. The van der Waals surface area contributed by atoms with Gasteiger partial charge in [-0.15, -0.1) is 0 Å². The van der Waals surface area contributed by atoms with Crippen molar-refractivity contribution in [2.75, 3.05) is 13.2 Å². The van der Waals surface area contributed by atoms with Crippen molar-refractivity contribution in [1.82, 2.24) is 20.0 Å². The summed E-state index contributed by atoms with van der Waals surface area (Å²) >= 11 is 0. The van der Waals surface area contributed by atoms with Gasteiger partial charge in [0.25, 0.3) is 5.91 Å². The van der Waals surface area contributed by atoms with E-state index < -0.39 is 5.60 Å². The van der Waals surface area contributed by atoms with E-state index in [2.05, 4.69) is 12.2 Å². The molecule has 0 aliphatic carbocycles. The Morgan fingerprint density at radius 3 is 2.62 bits per heavy atom. The fourth-order valence-electron chi connectivity index (χ4n) is 4.34. The molecule has 0 radical (unpaired) electrons. The van der Waals surface area contributed by atoms with Crippen LogP contribution in [-0.4, -0.2) is 50.0 Å². The summed E-state index contributed by atoms with van der Waals surface area (Å²) in [6.07, 6.45) is 0.786. The monoisotopic (exact) mass is 398 g/mol. The second kappa shape index (κ2) is 7.23. The SMILES string of the molecule is CC(c1ccc(C(C)(C)O)cc1)N1C[C@@H](CO)n2nc3c(c2C1=O)CN[C@H](C)C3. The lowest BCUT2D eigenvalue weighted by Gasteiger charge is -2.37. The first-order valence-electron chi connectivity index (χ1n) is 10.3. The maximum Gasteiger partial charge on any atom is 0.273 e. The van der Waals surface area contributed by atoms with Gasteiger partial charge in [0.05, 0.1) is 30.0 Å².